The molecule has 0 heterocycles. The summed E-state index contributed by atoms with van der Waals surface area (Å²) in [5.74, 6) is -0.0143. The maximum Gasteiger partial charge on any atom is 0.308 e. The number of hydrogen-bond donors (Lipinski definition) is 0. The highest BCUT2D eigenvalue weighted by molar-refractivity contribution is 5.71. The predicted molar refractivity (Wildman–Crippen MR) is 69.9 cm³/mol. The summed E-state index contributed by atoms with van der Waals surface area (Å²) in [6.45, 7) is 5.34. The first-order chi connectivity index (χ1) is 8.15. The first kappa shape index (κ1) is 14.5. The molecule has 0 aromatic heterocycles. The lowest BCUT2D eigenvalue weighted by Crippen LogP contribution is -2.36. The molecule has 1 fully saturated rings. The zero-order chi connectivity index (χ0) is 12.7. The zero-order valence-electron chi connectivity index (χ0n) is 11.6. The minimum Gasteiger partial charge on any atom is -0.464 e. The lowest BCUT2D eigenvalue weighted by Gasteiger charge is -2.30. The van der Waals surface area contributed by atoms with Crippen LogP contribution in [0.2, 0.25) is 0 Å². The van der Waals surface area contributed by atoms with Crippen molar-refractivity contribution in [2.75, 3.05) is 20.2 Å². The molecule has 1 aliphatic rings. The second-order valence-electron chi connectivity index (χ2n) is 5.25. The van der Waals surface area contributed by atoms with Crippen LogP contribution in [0.1, 0.15) is 52.4 Å². The van der Waals surface area contributed by atoms with Gasteiger partial charge in [-0.05, 0) is 26.3 Å². The molecule has 0 N–H and O–H groups in total. The number of esters is 1. The summed E-state index contributed by atoms with van der Waals surface area (Å²) in [4.78, 5) is 13.8. The molecule has 1 unspecified atom stereocenters. The van der Waals surface area contributed by atoms with E-state index in [-0.39, 0.29) is 11.9 Å². The van der Waals surface area contributed by atoms with Gasteiger partial charge in [0.1, 0.15) is 6.61 Å². The average molecular weight is 241 g/mol. The van der Waals surface area contributed by atoms with Crippen LogP contribution in [-0.2, 0) is 9.53 Å². The van der Waals surface area contributed by atoms with Gasteiger partial charge in [-0.2, -0.15) is 0 Å². The van der Waals surface area contributed by atoms with Gasteiger partial charge in [0, 0.05) is 12.6 Å². The number of rotatable bonds is 6. The quantitative estimate of drug-likeness (QED) is 0.670. The van der Waals surface area contributed by atoms with Crippen molar-refractivity contribution < 1.29 is 9.53 Å². The smallest absolute Gasteiger partial charge is 0.308 e. The fraction of sp³-hybridized carbons (Fsp3) is 0.929. The molecule has 0 aromatic carbocycles. The minimum atomic E-state index is -0.0513. The maximum atomic E-state index is 11.5. The van der Waals surface area contributed by atoms with E-state index in [0.29, 0.717) is 12.6 Å². The standard InChI is InChI=1S/C14H27NO2/c1-4-12(2)14(16)17-11-10-15(3)13-8-6-5-7-9-13/h12-13H,4-11H2,1-3H3. The Morgan fingerprint density at radius 3 is 2.59 bits per heavy atom. The Labute approximate surface area is 106 Å². The number of nitrogens with zero attached hydrogens (tertiary/aromatic N) is 1. The minimum absolute atomic E-state index is 0.0370. The van der Waals surface area contributed by atoms with Crippen molar-refractivity contribution in [3.63, 3.8) is 0 Å². The molecule has 1 saturated carbocycles. The summed E-state index contributed by atoms with van der Waals surface area (Å²) in [5.41, 5.74) is 0. The normalized spacial score (nSPS) is 19.3. The lowest BCUT2D eigenvalue weighted by atomic mass is 9.94. The van der Waals surface area contributed by atoms with Gasteiger partial charge in [-0.3, -0.25) is 4.79 Å². The van der Waals surface area contributed by atoms with Gasteiger partial charge in [0.2, 0.25) is 0 Å². The van der Waals surface area contributed by atoms with Crippen LogP contribution >= 0.6 is 0 Å². The van der Waals surface area contributed by atoms with Crippen LogP contribution in [0.4, 0.5) is 0 Å². The molecule has 17 heavy (non-hydrogen) atoms. The molecule has 1 aliphatic carbocycles. The highest BCUT2D eigenvalue weighted by Gasteiger charge is 2.18. The summed E-state index contributed by atoms with van der Waals surface area (Å²) in [6.07, 6.45) is 7.54. The van der Waals surface area contributed by atoms with E-state index in [1.165, 1.54) is 32.1 Å². The van der Waals surface area contributed by atoms with E-state index in [9.17, 15) is 4.79 Å². The second kappa shape index (κ2) is 7.70. The molecule has 0 bridgehead atoms. The monoisotopic (exact) mass is 241 g/mol. The topological polar surface area (TPSA) is 29.5 Å². The Balaban J connectivity index is 2.14. The highest BCUT2D eigenvalue weighted by Crippen LogP contribution is 2.21. The van der Waals surface area contributed by atoms with Crippen molar-refractivity contribution in [3.8, 4) is 0 Å². The van der Waals surface area contributed by atoms with Gasteiger partial charge in [0.05, 0.1) is 5.92 Å². The van der Waals surface area contributed by atoms with Gasteiger partial charge in [0.15, 0.2) is 0 Å². The van der Waals surface area contributed by atoms with Crippen LogP contribution in [0.15, 0.2) is 0 Å². The highest BCUT2D eigenvalue weighted by atomic mass is 16.5. The van der Waals surface area contributed by atoms with Crippen molar-refractivity contribution in [3.05, 3.63) is 0 Å². The summed E-state index contributed by atoms with van der Waals surface area (Å²) in [6, 6.07) is 0.700. The van der Waals surface area contributed by atoms with Crippen LogP contribution in [-0.4, -0.2) is 37.1 Å². The van der Waals surface area contributed by atoms with Crippen LogP contribution in [0.3, 0.4) is 0 Å². The molecule has 0 aliphatic heterocycles. The van der Waals surface area contributed by atoms with Gasteiger partial charge in [-0.25, -0.2) is 0 Å². The first-order valence-corrected chi connectivity index (χ1v) is 7.02. The fourth-order valence-electron chi connectivity index (χ4n) is 2.30. The second-order valence-corrected chi connectivity index (χ2v) is 5.25. The first-order valence-electron chi connectivity index (χ1n) is 7.02. The average Bonchev–Trinajstić information content (AvgIpc) is 2.38. The van der Waals surface area contributed by atoms with E-state index in [2.05, 4.69) is 11.9 Å². The summed E-state index contributed by atoms with van der Waals surface area (Å²) in [5, 5.41) is 0. The molecule has 0 aromatic rings. The van der Waals surface area contributed by atoms with Crippen molar-refractivity contribution >= 4 is 5.97 Å². The van der Waals surface area contributed by atoms with Crippen LogP contribution in [0, 0.1) is 5.92 Å². The molecule has 0 saturated heterocycles. The van der Waals surface area contributed by atoms with Gasteiger partial charge >= 0.3 is 5.97 Å². The van der Waals surface area contributed by atoms with Crippen LogP contribution in [0.5, 0.6) is 0 Å². The molecule has 0 spiro atoms. The van der Waals surface area contributed by atoms with Crippen molar-refractivity contribution in [2.24, 2.45) is 5.92 Å². The third-order valence-electron chi connectivity index (χ3n) is 3.90. The molecule has 1 atom stereocenters. The summed E-state index contributed by atoms with van der Waals surface area (Å²) in [7, 11) is 2.15. The van der Waals surface area contributed by atoms with Crippen LogP contribution in [0.25, 0.3) is 0 Å². The molecule has 3 nitrogen and oxygen atoms in total. The van der Waals surface area contributed by atoms with Gasteiger partial charge in [-0.1, -0.05) is 33.1 Å². The zero-order valence-corrected chi connectivity index (χ0v) is 11.6. The fourth-order valence-corrected chi connectivity index (χ4v) is 2.30. The Morgan fingerprint density at radius 1 is 1.35 bits per heavy atom. The van der Waals surface area contributed by atoms with E-state index in [1.54, 1.807) is 0 Å². The van der Waals surface area contributed by atoms with E-state index in [0.717, 1.165) is 13.0 Å². The van der Waals surface area contributed by atoms with E-state index in [4.69, 9.17) is 4.74 Å². The maximum absolute atomic E-state index is 11.5. The Kier molecular flexibility index (Phi) is 6.56. The van der Waals surface area contributed by atoms with Gasteiger partial charge < -0.3 is 9.64 Å². The number of carbonyl (C=O) groups is 1. The predicted octanol–water partition coefficient (Wildman–Crippen LogP) is 2.84. The van der Waals surface area contributed by atoms with Gasteiger partial charge in [0.25, 0.3) is 0 Å². The van der Waals surface area contributed by atoms with E-state index < -0.39 is 0 Å². The van der Waals surface area contributed by atoms with Gasteiger partial charge in [-0.15, -0.1) is 0 Å². The molecular formula is C14H27NO2. The Morgan fingerprint density at radius 2 is 2.00 bits per heavy atom. The number of likely N-dealkylation sites (N-methyl/N-ethyl adjacent to an activating group) is 1. The molecule has 0 amide bonds. The SMILES string of the molecule is CCC(C)C(=O)OCCN(C)C1CCCCC1. The number of ether oxygens (including phenoxy) is 1. The molecule has 100 valence electrons. The molecule has 1 rings (SSSR count). The molecule has 3 heteroatoms. The number of carbonyl (C=O) groups excluding carboxylic acids is 1. The largest absolute Gasteiger partial charge is 0.464 e. The van der Waals surface area contributed by atoms with Crippen molar-refractivity contribution in [2.45, 2.75) is 58.4 Å². The Hall–Kier alpha value is -0.570. The van der Waals surface area contributed by atoms with E-state index in [1.807, 2.05) is 13.8 Å². The molecular weight excluding hydrogens is 214 g/mol. The van der Waals surface area contributed by atoms with Crippen molar-refractivity contribution in [1.29, 1.82) is 0 Å². The third-order valence-corrected chi connectivity index (χ3v) is 3.90. The summed E-state index contributed by atoms with van der Waals surface area (Å²) < 4.78 is 5.28. The van der Waals surface area contributed by atoms with E-state index >= 15 is 0 Å². The molecule has 0 radical (unpaired) electrons. The van der Waals surface area contributed by atoms with Crippen LogP contribution < -0.4 is 0 Å². The number of hydrogen-bond acceptors (Lipinski definition) is 3. The summed E-state index contributed by atoms with van der Waals surface area (Å²) >= 11 is 0. The Bertz CT molecular complexity index is 224. The van der Waals surface area contributed by atoms with Crippen molar-refractivity contribution in [1.82, 2.24) is 4.90 Å². The lowest BCUT2D eigenvalue weighted by molar-refractivity contribution is -0.148. The third kappa shape index (κ3) is 5.07.